The molecule has 1 aliphatic rings. The maximum Gasteiger partial charge on any atom is 0.238 e. The van der Waals surface area contributed by atoms with Gasteiger partial charge in [-0.2, -0.15) is 0 Å². The number of benzene rings is 2. The van der Waals surface area contributed by atoms with Gasteiger partial charge in [-0.05, 0) is 48.7 Å². The highest BCUT2D eigenvalue weighted by molar-refractivity contribution is 8.00. The maximum absolute atomic E-state index is 13.4. The van der Waals surface area contributed by atoms with Gasteiger partial charge in [0.15, 0.2) is 17.3 Å². The maximum atomic E-state index is 13.4. The van der Waals surface area contributed by atoms with E-state index in [2.05, 4.69) is 15.5 Å². The standard InChI is InChI=1S/C21H22FN5O3S/c1-29-16-10-5-13(11-17(16)30-2)19-25-26-21(27(19)23)31-18(20(28)24-15-8-9-15)12-3-6-14(22)7-4-12/h3-7,10-11,15,18H,8-9,23H2,1-2H3,(H,24,28). The Kier molecular flexibility index (Phi) is 5.99. The van der Waals surface area contributed by atoms with Gasteiger partial charge < -0.3 is 20.6 Å². The third-order valence-corrected chi connectivity index (χ3v) is 6.08. The average molecular weight is 444 g/mol. The molecule has 3 N–H and O–H groups in total. The molecule has 0 aliphatic heterocycles. The van der Waals surface area contributed by atoms with Crippen molar-refractivity contribution in [1.29, 1.82) is 0 Å². The number of nitrogens with one attached hydrogen (secondary N) is 1. The molecule has 1 saturated carbocycles. The first-order valence-corrected chi connectivity index (χ1v) is 10.5. The van der Waals surface area contributed by atoms with Crippen LogP contribution in [-0.2, 0) is 4.79 Å². The second-order valence-electron chi connectivity index (χ2n) is 7.08. The Bertz CT molecular complexity index is 1090. The molecule has 31 heavy (non-hydrogen) atoms. The second kappa shape index (κ2) is 8.84. The van der Waals surface area contributed by atoms with E-state index in [1.165, 1.54) is 16.8 Å². The smallest absolute Gasteiger partial charge is 0.238 e. The van der Waals surface area contributed by atoms with Crippen LogP contribution < -0.4 is 20.6 Å². The summed E-state index contributed by atoms with van der Waals surface area (Å²) in [6, 6.07) is 11.3. The third kappa shape index (κ3) is 4.58. The molecule has 0 bridgehead atoms. The number of aromatic nitrogens is 3. The van der Waals surface area contributed by atoms with E-state index in [1.807, 2.05) is 0 Å². The number of methoxy groups -OCH3 is 2. The van der Waals surface area contributed by atoms with Crippen LogP contribution in [0.2, 0.25) is 0 Å². The van der Waals surface area contributed by atoms with Crippen molar-refractivity contribution in [3.63, 3.8) is 0 Å². The lowest BCUT2D eigenvalue weighted by Crippen LogP contribution is -2.30. The number of amides is 1. The van der Waals surface area contributed by atoms with Gasteiger partial charge >= 0.3 is 0 Å². The highest BCUT2D eigenvalue weighted by atomic mass is 32.2. The van der Waals surface area contributed by atoms with Gasteiger partial charge in [-0.15, -0.1) is 10.2 Å². The number of rotatable bonds is 8. The van der Waals surface area contributed by atoms with E-state index >= 15 is 0 Å². The molecule has 0 spiro atoms. The number of hydrogen-bond acceptors (Lipinski definition) is 7. The van der Waals surface area contributed by atoms with Crippen LogP contribution >= 0.6 is 11.8 Å². The van der Waals surface area contributed by atoms with Crippen molar-refractivity contribution >= 4 is 17.7 Å². The van der Waals surface area contributed by atoms with Crippen molar-refractivity contribution in [2.24, 2.45) is 0 Å². The molecule has 1 aliphatic carbocycles. The fourth-order valence-electron chi connectivity index (χ4n) is 3.05. The van der Waals surface area contributed by atoms with Gasteiger partial charge in [-0.3, -0.25) is 4.79 Å². The van der Waals surface area contributed by atoms with Crippen molar-refractivity contribution in [2.75, 3.05) is 20.1 Å². The SMILES string of the molecule is COc1ccc(-c2nnc(SC(C(=O)NC3CC3)c3ccc(F)cc3)n2N)cc1OC. The number of halogens is 1. The first kappa shape index (κ1) is 21.0. The molecule has 1 unspecified atom stereocenters. The molecule has 0 saturated heterocycles. The third-order valence-electron chi connectivity index (χ3n) is 4.86. The Labute approximate surface area is 182 Å². The van der Waals surface area contributed by atoms with Crippen molar-refractivity contribution in [2.45, 2.75) is 29.3 Å². The fourth-order valence-corrected chi connectivity index (χ4v) is 4.02. The van der Waals surface area contributed by atoms with Crippen molar-refractivity contribution in [1.82, 2.24) is 20.2 Å². The summed E-state index contributed by atoms with van der Waals surface area (Å²) < 4.78 is 25.3. The summed E-state index contributed by atoms with van der Waals surface area (Å²) >= 11 is 1.16. The number of hydrogen-bond donors (Lipinski definition) is 2. The van der Waals surface area contributed by atoms with Gasteiger partial charge in [0.1, 0.15) is 11.1 Å². The summed E-state index contributed by atoms with van der Waals surface area (Å²) in [4.78, 5) is 12.9. The van der Waals surface area contributed by atoms with Gasteiger partial charge in [-0.25, -0.2) is 9.07 Å². The van der Waals surface area contributed by atoms with Gasteiger partial charge in [0.25, 0.3) is 0 Å². The Morgan fingerprint density at radius 2 is 1.87 bits per heavy atom. The second-order valence-corrected chi connectivity index (χ2v) is 8.15. The van der Waals surface area contributed by atoms with Crippen LogP contribution in [0.3, 0.4) is 0 Å². The first-order chi connectivity index (χ1) is 15.0. The van der Waals surface area contributed by atoms with Crippen molar-refractivity contribution in [3.05, 3.63) is 53.8 Å². The molecule has 2 aromatic carbocycles. The number of nitrogens with two attached hydrogens (primary N) is 1. The Morgan fingerprint density at radius 1 is 1.16 bits per heavy atom. The summed E-state index contributed by atoms with van der Waals surface area (Å²) in [7, 11) is 3.10. The number of nitrogen functional groups attached to an aromatic ring is 1. The van der Waals surface area contributed by atoms with Gasteiger partial charge in [0.2, 0.25) is 11.1 Å². The minimum absolute atomic E-state index is 0.172. The van der Waals surface area contributed by atoms with Crippen LogP contribution in [-0.4, -0.2) is 41.0 Å². The molecule has 1 amide bonds. The van der Waals surface area contributed by atoms with Gasteiger partial charge in [-0.1, -0.05) is 23.9 Å². The van der Waals surface area contributed by atoms with Crippen LogP contribution in [0.5, 0.6) is 11.5 Å². The lowest BCUT2D eigenvalue weighted by Gasteiger charge is -2.16. The van der Waals surface area contributed by atoms with Gasteiger partial charge in [0.05, 0.1) is 14.2 Å². The summed E-state index contributed by atoms with van der Waals surface area (Å²) in [5.41, 5.74) is 1.33. The molecular weight excluding hydrogens is 421 g/mol. The highest BCUT2D eigenvalue weighted by Crippen LogP contribution is 2.37. The lowest BCUT2D eigenvalue weighted by atomic mass is 10.1. The van der Waals surface area contributed by atoms with Crippen LogP contribution in [0.25, 0.3) is 11.4 Å². The molecule has 10 heteroatoms. The lowest BCUT2D eigenvalue weighted by molar-refractivity contribution is -0.120. The van der Waals surface area contributed by atoms with E-state index in [0.717, 1.165) is 24.6 Å². The molecule has 1 fully saturated rings. The largest absolute Gasteiger partial charge is 0.493 e. The molecule has 1 aromatic heterocycles. The number of carbonyl (C=O) groups is 1. The fraction of sp³-hybridized carbons (Fsp3) is 0.286. The summed E-state index contributed by atoms with van der Waals surface area (Å²) in [6.07, 6.45) is 1.92. The number of ether oxygens (including phenoxy) is 2. The minimum atomic E-state index is -0.647. The molecule has 162 valence electrons. The van der Waals surface area contributed by atoms with E-state index in [1.54, 1.807) is 44.6 Å². The normalized spacial score (nSPS) is 14.2. The summed E-state index contributed by atoms with van der Waals surface area (Å²) in [5.74, 6) is 7.25. The zero-order chi connectivity index (χ0) is 22.0. The summed E-state index contributed by atoms with van der Waals surface area (Å²) in [5, 5.41) is 11.1. The Balaban J connectivity index is 1.63. The predicted molar refractivity (Wildman–Crippen MR) is 115 cm³/mol. The van der Waals surface area contributed by atoms with Crippen LogP contribution in [0, 0.1) is 5.82 Å². The van der Waals surface area contributed by atoms with Gasteiger partial charge in [0, 0.05) is 11.6 Å². The molecular formula is C21H22FN5O3S. The van der Waals surface area contributed by atoms with Crippen molar-refractivity contribution in [3.8, 4) is 22.9 Å². The predicted octanol–water partition coefficient (Wildman–Crippen LogP) is 2.93. The molecule has 8 nitrogen and oxygen atoms in total. The van der Waals surface area contributed by atoms with Crippen LogP contribution in [0.4, 0.5) is 4.39 Å². The highest BCUT2D eigenvalue weighted by Gasteiger charge is 2.30. The van der Waals surface area contributed by atoms with Crippen LogP contribution in [0.1, 0.15) is 23.7 Å². The van der Waals surface area contributed by atoms with Crippen LogP contribution in [0.15, 0.2) is 47.6 Å². The first-order valence-electron chi connectivity index (χ1n) is 9.65. The van der Waals surface area contributed by atoms with E-state index in [-0.39, 0.29) is 17.8 Å². The van der Waals surface area contributed by atoms with Crippen molar-refractivity contribution < 1.29 is 18.7 Å². The topological polar surface area (TPSA) is 104 Å². The van der Waals surface area contributed by atoms with E-state index in [4.69, 9.17) is 15.3 Å². The molecule has 4 rings (SSSR count). The molecule has 3 aromatic rings. The number of carbonyl (C=O) groups excluding carboxylic acids is 1. The average Bonchev–Trinajstić information content (AvgIpc) is 3.52. The zero-order valence-electron chi connectivity index (χ0n) is 17.0. The monoisotopic (exact) mass is 443 g/mol. The number of nitrogens with zero attached hydrogens (tertiary/aromatic N) is 3. The van der Waals surface area contributed by atoms with E-state index < -0.39 is 5.25 Å². The Morgan fingerprint density at radius 3 is 2.52 bits per heavy atom. The minimum Gasteiger partial charge on any atom is -0.493 e. The number of thioether (sulfide) groups is 1. The zero-order valence-corrected chi connectivity index (χ0v) is 17.9. The molecule has 1 atom stereocenters. The summed E-state index contributed by atoms with van der Waals surface area (Å²) in [6.45, 7) is 0. The molecule has 1 heterocycles. The quantitative estimate of drug-likeness (QED) is 0.407. The Hall–Kier alpha value is -3.27. The molecule has 0 radical (unpaired) electrons. The van der Waals surface area contributed by atoms with E-state index in [9.17, 15) is 9.18 Å². The van der Waals surface area contributed by atoms with E-state index in [0.29, 0.717) is 33.6 Å².